The molecule has 9 N–H and O–H groups in total. The summed E-state index contributed by atoms with van der Waals surface area (Å²) in [6, 6.07) is 5.51. The maximum Gasteiger partial charge on any atom is 0.243 e. The monoisotopic (exact) mass is 508 g/mol. The van der Waals surface area contributed by atoms with E-state index in [9.17, 15) is 19.2 Å². The highest BCUT2D eigenvalue weighted by molar-refractivity contribution is 7.80. The van der Waals surface area contributed by atoms with Gasteiger partial charge in [-0.1, -0.05) is 50.6 Å². The Hall–Kier alpha value is -2.63. The first-order chi connectivity index (χ1) is 16.6. The van der Waals surface area contributed by atoms with E-state index in [-0.39, 0.29) is 18.1 Å². The quantitative estimate of drug-likeness (QED) is 0.118. The van der Waals surface area contributed by atoms with Crippen LogP contribution >= 0.6 is 12.6 Å². The van der Waals surface area contributed by atoms with Gasteiger partial charge in [0.1, 0.15) is 18.1 Å². The van der Waals surface area contributed by atoms with Gasteiger partial charge in [-0.25, -0.2) is 0 Å². The zero-order valence-corrected chi connectivity index (χ0v) is 21.4. The molecule has 1 aromatic rings. The average Bonchev–Trinajstić information content (AvgIpc) is 2.85. The van der Waals surface area contributed by atoms with Crippen LogP contribution in [0.4, 0.5) is 0 Å². The average molecular weight is 509 g/mol. The second-order valence-corrected chi connectivity index (χ2v) is 9.02. The van der Waals surface area contributed by atoms with Gasteiger partial charge in [-0.15, -0.1) is 0 Å². The van der Waals surface area contributed by atoms with Crippen molar-refractivity contribution < 1.29 is 19.2 Å². The van der Waals surface area contributed by atoms with Gasteiger partial charge in [-0.2, -0.15) is 12.6 Å². The molecule has 0 saturated heterocycles. The van der Waals surface area contributed by atoms with Gasteiger partial charge < -0.3 is 33.2 Å². The van der Waals surface area contributed by atoms with Gasteiger partial charge in [-0.3, -0.25) is 19.2 Å². The summed E-state index contributed by atoms with van der Waals surface area (Å²) in [5.41, 5.74) is 17.6. The highest BCUT2D eigenvalue weighted by Gasteiger charge is 2.32. The molecule has 0 aliphatic heterocycles. The topological polar surface area (TPSA) is 182 Å². The fourth-order valence-electron chi connectivity index (χ4n) is 3.42. The zero-order chi connectivity index (χ0) is 26.4. The van der Waals surface area contributed by atoms with Crippen molar-refractivity contribution in [2.24, 2.45) is 23.1 Å². The maximum absolute atomic E-state index is 13.3. The number of primary amides is 1. The van der Waals surface area contributed by atoms with E-state index in [0.717, 1.165) is 5.56 Å². The summed E-state index contributed by atoms with van der Waals surface area (Å²) in [6.07, 6.45) is 2.44. The number of rotatable bonds is 16. The lowest BCUT2D eigenvalue weighted by molar-refractivity contribution is -0.134. The lowest BCUT2D eigenvalue weighted by Gasteiger charge is -2.28. The molecule has 1 aromatic carbocycles. The molecular formula is C24H40N6O4S. The Kier molecular flexibility index (Phi) is 14.0. The number of unbranched alkanes of at least 4 members (excludes halogenated alkanes) is 1. The number of carbonyl (C=O) groups is 4. The summed E-state index contributed by atoms with van der Waals surface area (Å²) in [5, 5.41) is 8.10. The fourth-order valence-corrected chi connectivity index (χ4v) is 3.58. The SMILES string of the molecule is CC[C@H](C)[C@H](NC(=O)[C@@H](N)CS)C(=O)N[C@@H](Cc1ccccc1)C(=O)N[C@@H](CCCCN)C(N)=O. The molecule has 0 heterocycles. The van der Waals surface area contributed by atoms with E-state index >= 15 is 0 Å². The molecule has 0 bridgehead atoms. The second-order valence-electron chi connectivity index (χ2n) is 8.66. The van der Waals surface area contributed by atoms with Crippen LogP contribution in [0.3, 0.4) is 0 Å². The smallest absolute Gasteiger partial charge is 0.243 e. The molecule has 1 rings (SSSR count). The summed E-state index contributed by atoms with van der Waals surface area (Å²) in [4.78, 5) is 50.7. The van der Waals surface area contributed by atoms with Gasteiger partial charge in [0.2, 0.25) is 23.6 Å². The largest absolute Gasteiger partial charge is 0.368 e. The van der Waals surface area contributed by atoms with E-state index in [1.165, 1.54) is 0 Å². The minimum absolute atomic E-state index is 0.123. The van der Waals surface area contributed by atoms with Gasteiger partial charge >= 0.3 is 0 Å². The van der Waals surface area contributed by atoms with Crippen molar-refractivity contribution >= 4 is 36.3 Å². The van der Waals surface area contributed by atoms with E-state index in [0.29, 0.717) is 32.2 Å². The molecule has 4 amide bonds. The third-order valence-corrected chi connectivity index (χ3v) is 6.24. The number of carbonyl (C=O) groups excluding carboxylic acids is 4. The number of nitrogens with two attached hydrogens (primary N) is 3. The second kappa shape index (κ2) is 16.1. The zero-order valence-electron chi connectivity index (χ0n) is 20.5. The van der Waals surface area contributed by atoms with Crippen LogP contribution in [0.2, 0.25) is 0 Å². The van der Waals surface area contributed by atoms with Crippen LogP contribution < -0.4 is 33.2 Å². The minimum atomic E-state index is -0.997. The summed E-state index contributed by atoms with van der Waals surface area (Å²) in [7, 11) is 0. The number of hydrogen-bond acceptors (Lipinski definition) is 7. The van der Waals surface area contributed by atoms with Crippen LogP contribution in [0.15, 0.2) is 30.3 Å². The fraction of sp³-hybridized carbons (Fsp3) is 0.583. The summed E-state index contributed by atoms with van der Waals surface area (Å²) in [6.45, 7) is 4.18. The number of thiol groups is 1. The Bertz CT molecular complexity index is 825. The molecule has 10 nitrogen and oxygen atoms in total. The van der Waals surface area contributed by atoms with Gasteiger partial charge in [0.05, 0.1) is 6.04 Å². The summed E-state index contributed by atoms with van der Waals surface area (Å²) >= 11 is 4.04. The van der Waals surface area contributed by atoms with Crippen molar-refractivity contribution in [3.63, 3.8) is 0 Å². The lowest BCUT2D eigenvalue weighted by Crippen LogP contribution is -2.59. The van der Waals surface area contributed by atoms with Crippen LogP contribution in [0, 0.1) is 5.92 Å². The number of nitrogens with one attached hydrogen (secondary N) is 3. The van der Waals surface area contributed by atoms with E-state index in [1.807, 2.05) is 44.2 Å². The normalized spacial score (nSPS) is 15.2. The van der Waals surface area contributed by atoms with Crippen molar-refractivity contribution in [1.82, 2.24) is 16.0 Å². The highest BCUT2D eigenvalue weighted by Crippen LogP contribution is 2.11. The van der Waals surface area contributed by atoms with Gasteiger partial charge in [-0.05, 0) is 37.3 Å². The molecule has 196 valence electrons. The molecular weight excluding hydrogens is 468 g/mol. The van der Waals surface area contributed by atoms with Crippen molar-refractivity contribution in [3.05, 3.63) is 35.9 Å². The van der Waals surface area contributed by atoms with Crippen molar-refractivity contribution in [2.45, 2.75) is 70.1 Å². The van der Waals surface area contributed by atoms with Crippen LogP contribution in [0.1, 0.15) is 45.1 Å². The molecule has 35 heavy (non-hydrogen) atoms. The standard InChI is InChI=1S/C24H40N6O4S/c1-3-15(2)20(30-22(32)17(26)14-35)24(34)29-19(13-16-9-5-4-6-10-16)23(33)28-18(21(27)31)11-7-8-12-25/h4-6,9-10,15,17-20,35H,3,7-8,11-14,25-26H2,1-2H3,(H2,27,31)(H,28,33)(H,29,34)(H,30,32)/t15-,17-,18-,19-,20-/m0/s1. The van der Waals surface area contributed by atoms with E-state index in [1.54, 1.807) is 0 Å². The van der Waals surface area contributed by atoms with Gasteiger partial charge in [0.15, 0.2) is 0 Å². The van der Waals surface area contributed by atoms with Crippen LogP contribution in [0.5, 0.6) is 0 Å². The molecule has 0 fully saturated rings. The molecule has 0 aliphatic rings. The number of amides is 4. The molecule has 5 atom stereocenters. The summed E-state index contributed by atoms with van der Waals surface area (Å²) in [5.74, 6) is -2.32. The van der Waals surface area contributed by atoms with E-state index in [2.05, 4.69) is 28.6 Å². The molecule has 0 radical (unpaired) electrons. The van der Waals surface area contributed by atoms with Crippen LogP contribution in [-0.4, -0.2) is 60.1 Å². The summed E-state index contributed by atoms with van der Waals surface area (Å²) < 4.78 is 0. The Morgan fingerprint density at radius 3 is 2.11 bits per heavy atom. The molecule has 0 aromatic heterocycles. The molecule has 11 heteroatoms. The molecule has 0 saturated carbocycles. The lowest BCUT2D eigenvalue weighted by atomic mass is 9.96. The van der Waals surface area contributed by atoms with Gasteiger partial charge in [0, 0.05) is 12.2 Å². The van der Waals surface area contributed by atoms with Crippen molar-refractivity contribution in [2.75, 3.05) is 12.3 Å². The first kappa shape index (κ1) is 30.4. The first-order valence-corrected chi connectivity index (χ1v) is 12.6. The molecule has 0 unspecified atom stereocenters. The molecule has 0 spiro atoms. The highest BCUT2D eigenvalue weighted by atomic mass is 32.1. The number of benzene rings is 1. The van der Waals surface area contributed by atoms with Crippen LogP contribution in [-0.2, 0) is 25.6 Å². The van der Waals surface area contributed by atoms with E-state index in [4.69, 9.17) is 17.2 Å². The third-order valence-electron chi connectivity index (χ3n) is 5.85. The number of hydrogen-bond donors (Lipinski definition) is 7. The third kappa shape index (κ3) is 10.7. The Labute approximate surface area is 212 Å². The first-order valence-electron chi connectivity index (χ1n) is 11.9. The van der Waals surface area contributed by atoms with Gasteiger partial charge in [0.25, 0.3) is 0 Å². The van der Waals surface area contributed by atoms with Crippen molar-refractivity contribution in [3.8, 4) is 0 Å². The predicted molar refractivity (Wildman–Crippen MR) is 139 cm³/mol. The van der Waals surface area contributed by atoms with Crippen LogP contribution in [0.25, 0.3) is 0 Å². The predicted octanol–water partition coefficient (Wildman–Crippen LogP) is -0.399. The maximum atomic E-state index is 13.3. The van der Waals surface area contributed by atoms with Crippen molar-refractivity contribution in [1.29, 1.82) is 0 Å². The van der Waals surface area contributed by atoms with E-state index < -0.39 is 47.8 Å². The Morgan fingerprint density at radius 2 is 1.57 bits per heavy atom. The molecule has 0 aliphatic carbocycles. The minimum Gasteiger partial charge on any atom is -0.368 e. The Balaban J connectivity index is 3.10. The Morgan fingerprint density at radius 1 is 0.943 bits per heavy atom.